The van der Waals surface area contributed by atoms with Crippen LogP contribution in [-0.2, 0) is 14.3 Å². The largest absolute Gasteiger partial charge is 0.480 e. The first-order chi connectivity index (χ1) is 8.25. The molecule has 1 heterocycles. The molecule has 3 atom stereocenters. The molecule has 1 aliphatic heterocycles. The van der Waals surface area contributed by atoms with Crippen molar-refractivity contribution in [2.75, 3.05) is 6.54 Å². The summed E-state index contributed by atoms with van der Waals surface area (Å²) in [6, 6.07) is -0.925. The number of carboxylic acid groups (broad SMARTS) is 1. The van der Waals surface area contributed by atoms with E-state index in [2.05, 4.69) is 5.32 Å². The molecule has 0 spiro atoms. The Morgan fingerprint density at radius 2 is 2.06 bits per heavy atom. The lowest BCUT2D eigenvalue weighted by atomic mass is 9.86. The highest BCUT2D eigenvalue weighted by molar-refractivity contribution is 5.86. The predicted octanol–water partition coefficient (Wildman–Crippen LogP) is 0.108. The fraction of sp³-hybridized carbons (Fsp3) is 0.833. The van der Waals surface area contributed by atoms with E-state index in [1.54, 1.807) is 20.8 Å². The van der Waals surface area contributed by atoms with E-state index in [1.165, 1.54) is 0 Å². The summed E-state index contributed by atoms with van der Waals surface area (Å²) >= 11 is 0. The molecule has 0 aromatic carbocycles. The Hall–Kier alpha value is -1.14. The molecule has 2 unspecified atom stereocenters. The third-order valence-corrected chi connectivity index (χ3v) is 3.06. The van der Waals surface area contributed by atoms with E-state index < -0.39 is 23.5 Å². The van der Waals surface area contributed by atoms with E-state index >= 15 is 0 Å². The Labute approximate surface area is 107 Å². The highest BCUT2D eigenvalue weighted by atomic mass is 16.5. The van der Waals surface area contributed by atoms with Crippen LogP contribution in [0.1, 0.15) is 33.6 Å². The van der Waals surface area contributed by atoms with E-state index in [0.29, 0.717) is 13.0 Å². The van der Waals surface area contributed by atoms with E-state index in [-0.39, 0.29) is 12.0 Å². The minimum absolute atomic E-state index is 0.0985. The Bertz CT molecular complexity index is 325. The maximum atomic E-state index is 11.9. The number of nitrogens with two attached hydrogens (primary N) is 1. The molecular formula is C12H22N2O4. The van der Waals surface area contributed by atoms with Crippen molar-refractivity contribution in [3.8, 4) is 0 Å². The van der Waals surface area contributed by atoms with Crippen molar-refractivity contribution in [2.45, 2.75) is 51.9 Å². The number of amides is 1. The molecule has 0 radical (unpaired) electrons. The molecule has 18 heavy (non-hydrogen) atoms. The topological polar surface area (TPSA) is 102 Å². The maximum absolute atomic E-state index is 11.9. The number of nitrogens with one attached hydrogen (secondary N) is 1. The molecule has 0 aromatic heterocycles. The van der Waals surface area contributed by atoms with Crippen LogP contribution in [0.25, 0.3) is 0 Å². The number of aliphatic carboxylic acids is 1. The first-order valence-electron chi connectivity index (χ1n) is 6.14. The quantitative estimate of drug-likeness (QED) is 0.664. The summed E-state index contributed by atoms with van der Waals surface area (Å²) in [7, 11) is 0. The molecule has 1 aliphatic rings. The Morgan fingerprint density at radius 1 is 1.44 bits per heavy atom. The normalized spacial score (nSPS) is 25.8. The van der Waals surface area contributed by atoms with Crippen LogP contribution in [-0.4, -0.2) is 41.8 Å². The Kier molecular flexibility index (Phi) is 4.70. The van der Waals surface area contributed by atoms with Crippen molar-refractivity contribution in [3.63, 3.8) is 0 Å². The summed E-state index contributed by atoms with van der Waals surface area (Å²) in [6.45, 7) is 5.68. The zero-order valence-electron chi connectivity index (χ0n) is 11.1. The Balaban J connectivity index is 2.60. The molecule has 6 heteroatoms. The van der Waals surface area contributed by atoms with Gasteiger partial charge in [0.15, 0.2) is 0 Å². The standard InChI is InChI=1S/C12H22N2O4/c1-12(2,3)9(11(16)17)14-10(15)8-5-4-7(6-13)18-8/h7-9H,4-6,13H2,1-3H3,(H,14,15)(H,16,17)/t7?,8?,9-/m1/s1. The third kappa shape index (κ3) is 3.68. The van der Waals surface area contributed by atoms with Gasteiger partial charge in [0.25, 0.3) is 0 Å². The van der Waals surface area contributed by atoms with Gasteiger partial charge in [-0.05, 0) is 18.3 Å². The monoisotopic (exact) mass is 258 g/mol. The summed E-state index contributed by atoms with van der Waals surface area (Å²) in [5.41, 5.74) is 4.92. The van der Waals surface area contributed by atoms with Crippen molar-refractivity contribution in [3.05, 3.63) is 0 Å². The van der Waals surface area contributed by atoms with E-state index in [9.17, 15) is 9.59 Å². The van der Waals surface area contributed by atoms with Crippen LogP contribution in [0, 0.1) is 5.41 Å². The lowest BCUT2D eigenvalue weighted by molar-refractivity contribution is -0.147. The lowest BCUT2D eigenvalue weighted by Gasteiger charge is -2.28. The van der Waals surface area contributed by atoms with Gasteiger partial charge >= 0.3 is 5.97 Å². The van der Waals surface area contributed by atoms with Crippen molar-refractivity contribution < 1.29 is 19.4 Å². The average Bonchev–Trinajstić information content (AvgIpc) is 2.71. The van der Waals surface area contributed by atoms with Crippen LogP contribution in [0.4, 0.5) is 0 Å². The summed E-state index contributed by atoms with van der Waals surface area (Å²) in [5, 5.41) is 11.7. The van der Waals surface area contributed by atoms with Crippen LogP contribution < -0.4 is 11.1 Å². The van der Waals surface area contributed by atoms with Gasteiger partial charge in [0.05, 0.1) is 6.10 Å². The lowest BCUT2D eigenvalue weighted by Crippen LogP contribution is -2.52. The number of carbonyl (C=O) groups excluding carboxylic acids is 1. The Morgan fingerprint density at radius 3 is 2.44 bits per heavy atom. The number of carbonyl (C=O) groups is 2. The average molecular weight is 258 g/mol. The molecular weight excluding hydrogens is 236 g/mol. The van der Waals surface area contributed by atoms with Gasteiger partial charge < -0.3 is 20.9 Å². The van der Waals surface area contributed by atoms with Gasteiger partial charge in [0.1, 0.15) is 12.1 Å². The molecule has 0 aromatic rings. The van der Waals surface area contributed by atoms with Crippen LogP contribution in [0.2, 0.25) is 0 Å². The summed E-state index contributed by atoms with van der Waals surface area (Å²) < 4.78 is 5.44. The van der Waals surface area contributed by atoms with Crippen LogP contribution in [0.5, 0.6) is 0 Å². The molecule has 6 nitrogen and oxygen atoms in total. The molecule has 1 amide bonds. The summed E-state index contributed by atoms with van der Waals surface area (Å²) in [6.07, 6.45) is 0.646. The first kappa shape index (κ1) is 14.9. The zero-order chi connectivity index (χ0) is 13.9. The smallest absolute Gasteiger partial charge is 0.326 e. The highest BCUT2D eigenvalue weighted by Crippen LogP contribution is 2.22. The number of rotatable bonds is 4. The SMILES string of the molecule is CC(C)(C)[C@H](NC(=O)C1CCC(CN)O1)C(=O)O. The van der Waals surface area contributed by atoms with Gasteiger partial charge in [-0.15, -0.1) is 0 Å². The fourth-order valence-corrected chi connectivity index (χ4v) is 1.96. The number of carboxylic acids is 1. The van der Waals surface area contributed by atoms with Crippen LogP contribution >= 0.6 is 0 Å². The second-order valence-electron chi connectivity index (χ2n) is 5.71. The van der Waals surface area contributed by atoms with Crippen molar-refractivity contribution in [1.82, 2.24) is 5.32 Å². The molecule has 0 aliphatic carbocycles. The van der Waals surface area contributed by atoms with E-state index in [0.717, 1.165) is 6.42 Å². The molecule has 1 rings (SSSR count). The predicted molar refractivity (Wildman–Crippen MR) is 66.0 cm³/mol. The number of ether oxygens (including phenoxy) is 1. The molecule has 1 saturated heterocycles. The van der Waals surface area contributed by atoms with Gasteiger partial charge in [-0.2, -0.15) is 0 Å². The molecule has 104 valence electrons. The van der Waals surface area contributed by atoms with Gasteiger partial charge in [-0.25, -0.2) is 4.79 Å². The maximum Gasteiger partial charge on any atom is 0.326 e. The minimum atomic E-state index is -1.04. The van der Waals surface area contributed by atoms with Crippen molar-refractivity contribution in [1.29, 1.82) is 0 Å². The van der Waals surface area contributed by atoms with Crippen molar-refractivity contribution in [2.24, 2.45) is 11.1 Å². The summed E-state index contributed by atoms with van der Waals surface area (Å²) in [4.78, 5) is 23.1. The van der Waals surface area contributed by atoms with E-state index in [4.69, 9.17) is 15.6 Å². The van der Waals surface area contributed by atoms with Crippen molar-refractivity contribution >= 4 is 11.9 Å². The third-order valence-electron chi connectivity index (χ3n) is 3.06. The first-order valence-corrected chi connectivity index (χ1v) is 6.14. The molecule has 1 fully saturated rings. The highest BCUT2D eigenvalue weighted by Gasteiger charge is 2.36. The molecule has 0 saturated carbocycles. The fourth-order valence-electron chi connectivity index (χ4n) is 1.96. The van der Waals surface area contributed by atoms with Gasteiger partial charge in [0.2, 0.25) is 5.91 Å². The minimum Gasteiger partial charge on any atom is -0.480 e. The van der Waals surface area contributed by atoms with Gasteiger partial charge in [0, 0.05) is 6.54 Å². The zero-order valence-corrected chi connectivity index (χ0v) is 11.1. The second kappa shape index (κ2) is 5.67. The summed E-state index contributed by atoms with van der Waals surface area (Å²) in [5.74, 6) is -1.41. The molecule has 4 N–H and O–H groups in total. The number of hydrogen-bond acceptors (Lipinski definition) is 4. The van der Waals surface area contributed by atoms with Gasteiger partial charge in [-0.1, -0.05) is 20.8 Å². The second-order valence-corrected chi connectivity index (χ2v) is 5.71. The van der Waals surface area contributed by atoms with Crippen LogP contribution in [0.3, 0.4) is 0 Å². The van der Waals surface area contributed by atoms with Crippen LogP contribution in [0.15, 0.2) is 0 Å². The number of hydrogen-bond donors (Lipinski definition) is 3. The van der Waals surface area contributed by atoms with Gasteiger partial charge in [-0.3, -0.25) is 4.79 Å². The molecule has 0 bridgehead atoms. The van der Waals surface area contributed by atoms with E-state index in [1.807, 2.05) is 0 Å².